The summed E-state index contributed by atoms with van der Waals surface area (Å²) in [5, 5.41) is 35.3. The Balaban J connectivity index is 3.06. The molecule has 0 saturated heterocycles. The van der Waals surface area contributed by atoms with Gasteiger partial charge in [-0.25, -0.2) is 0 Å². The van der Waals surface area contributed by atoms with Crippen LogP contribution in [0.25, 0.3) is 0 Å². The predicted molar refractivity (Wildman–Crippen MR) is 66.1 cm³/mol. The zero-order valence-electron chi connectivity index (χ0n) is 10.6. The molecule has 0 fully saturated rings. The van der Waals surface area contributed by atoms with Gasteiger partial charge in [-0.15, -0.1) is 0 Å². The van der Waals surface area contributed by atoms with Crippen molar-refractivity contribution in [3.63, 3.8) is 0 Å². The molecule has 1 heterocycles. The molecule has 9 heteroatoms. The number of hydrogen-bond donors (Lipinski definition) is 5. The van der Waals surface area contributed by atoms with Gasteiger partial charge in [0.1, 0.15) is 5.92 Å². The minimum absolute atomic E-state index is 0.0107. The first-order valence-electron chi connectivity index (χ1n) is 5.79. The Morgan fingerprint density at radius 1 is 0.905 bits per heavy atom. The lowest BCUT2D eigenvalue weighted by Gasteiger charge is -2.08. The molecular formula is C12H13NO8. The number of rotatable bonds is 8. The maximum atomic E-state index is 11.0. The molecule has 0 spiro atoms. The van der Waals surface area contributed by atoms with E-state index < -0.39 is 48.6 Å². The number of carboxylic acids is 4. The second-order valence-corrected chi connectivity index (χ2v) is 4.37. The van der Waals surface area contributed by atoms with Crippen molar-refractivity contribution in [1.29, 1.82) is 0 Å². The van der Waals surface area contributed by atoms with Crippen molar-refractivity contribution >= 4 is 23.9 Å². The van der Waals surface area contributed by atoms with Gasteiger partial charge in [0.2, 0.25) is 0 Å². The minimum Gasteiger partial charge on any atom is -0.481 e. The van der Waals surface area contributed by atoms with Gasteiger partial charge in [-0.3, -0.25) is 19.2 Å². The maximum absolute atomic E-state index is 11.0. The third-order valence-corrected chi connectivity index (χ3v) is 2.86. The Labute approximate surface area is 117 Å². The molecule has 0 saturated carbocycles. The Morgan fingerprint density at radius 3 is 1.81 bits per heavy atom. The van der Waals surface area contributed by atoms with Gasteiger partial charge < -0.3 is 25.4 Å². The van der Waals surface area contributed by atoms with E-state index in [2.05, 4.69) is 4.98 Å². The van der Waals surface area contributed by atoms with Gasteiger partial charge in [-0.1, -0.05) is 0 Å². The Morgan fingerprint density at radius 2 is 1.38 bits per heavy atom. The van der Waals surface area contributed by atoms with Crippen LogP contribution in [0.3, 0.4) is 0 Å². The van der Waals surface area contributed by atoms with Crippen LogP contribution in [-0.4, -0.2) is 49.3 Å². The van der Waals surface area contributed by atoms with Crippen molar-refractivity contribution in [1.82, 2.24) is 4.98 Å². The summed E-state index contributed by atoms with van der Waals surface area (Å²) in [7, 11) is 0. The molecular weight excluding hydrogens is 286 g/mol. The van der Waals surface area contributed by atoms with E-state index in [9.17, 15) is 19.2 Å². The van der Waals surface area contributed by atoms with Crippen LogP contribution in [0, 0.1) is 0 Å². The molecule has 0 aliphatic heterocycles. The van der Waals surface area contributed by atoms with E-state index in [0.29, 0.717) is 0 Å². The van der Waals surface area contributed by atoms with Gasteiger partial charge in [0, 0.05) is 11.9 Å². The number of carboxylic acid groups (broad SMARTS) is 4. The highest BCUT2D eigenvalue weighted by Crippen LogP contribution is 2.26. The van der Waals surface area contributed by atoms with Crippen LogP contribution in [0.4, 0.5) is 0 Å². The molecule has 1 rings (SSSR count). The van der Waals surface area contributed by atoms with E-state index in [-0.39, 0.29) is 11.3 Å². The first-order chi connectivity index (χ1) is 9.72. The van der Waals surface area contributed by atoms with E-state index in [0.717, 1.165) is 0 Å². The topological polar surface area (TPSA) is 165 Å². The Bertz CT molecular complexity index is 527. The van der Waals surface area contributed by atoms with E-state index in [4.69, 9.17) is 20.4 Å². The lowest BCUT2D eigenvalue weighted by molar-refractivity contribution is -0.145. The normalized spacial score (nSPS) is 13.3. The summed E-state index contributed by atoms with van der Waals surface area (Å²) in [6.45, 7) is 0. The first kappa shape index (κ1) is 16.2. The molecule has 1 aromatic rings. The van der Waals surface area contributed by atoms with Crippen LogP contribution in [0.5, 0.6) is 0 Å². The molecule has 0 bridgehead atoms. The Hall–Kier alpha value is -2.84. The molecule has 21 heavy (non-hydrogen) atoms. The van der Waals surface area contributed by atoms with Crippen molar-refractivity contribution in [3.05, 3.63) is 23.5 Å². The second-order valence-electron chi connectivity index (χ2n) is 4.37. The highest BCUT2D eigenvalue weighted by molar-refractivity contribution is 5.84. The van der Waals surface area contributed by atoms with Crippen molar-refractivity contribution in [3.8, 4) is 0 Å². The molecule has 9 nitrogen and oxygen atoms in total. The van der Waals surface area contributed by atoms with Gasteiger partial charge in [0.25, 0.3) is 0 Å². The summed E-state index contributed by atoms with van der Waals surface area (Å²) >= 11 is 0. The fourth-order valence-corrected chi connectivity index (χ4v) is 1.86. The fraction of sp³-hybridized carbons (Fsp3) is 0.333. The van der Waals surface area contributed by atoms with Crippen LogP contribution in [-0.2, 0) is 19.2 Å². The zero-order chi connectivity index (χ0) is 16.2. The van der Waals surface area contributed by atoms with Crippen molar-refractivity contribution < 1.29 is 39.6 Å². The van der Waals surface area contributed by atoms with Crippen molar-refractivity contribution in [2.24, 2.45) is 0 Å². The van der Waals surface area contributed by atoms with Crippen LogP contribution < -0.4 is 0 Å². The monoisotopic (exact) mass is 299 g/mol. The summed E-state index contributed by atoms with van der Waals surface area (Å²) in [5.74, 6) is -8.09. The molecule has 114 valence electrons. The third kappa shape index (κ3) is 4.34. The minimum atomic E-state index is -1.38. The first-order valence-corrected chi connectivity index (χ1v) is 5.79. The van der Waals surface area contributed by atoms with E-state index in [1.165, 1.54) is 12.3 Å². The van der Waals surface area contributed by atoms with Crippen LogP contribution in [0.2, 0.25) is 0 Å². The Kier molecular flexibility index (Phi) is 5.06. The molecule has 0 aromatic carbocycles. The summed E-state index contributed by atoms with van der Waals surface area (Å²) in [6, 6.07) is 1.17. The summed E-state index contributed by atoms with van der Waals surface area (Å²) in [4.78, 5) is 45.8. The number of H-pyrrole nitrogens is 1. The van der Waals surface area contributed by atoms with E-state index in [1.807, 2.05) is 0 Å². The molecule has 0 radical (unpaired) electrons. The number of hydrogen-bond acceptors (Lipinski definition) is 4. The van der Waals surface area contributed by atoms with Gasteiger partial charge >= 0.3 is 23.9 Å². The fourth-order valence-electron chi connectivity index (χ4n) is 1.86. The van der Waals surface area contributed by atoms with Crippen LogP contribution >= 0.6 is 0 Å². The second kappa shape index (κ2) is 6.55. The largest absolute Gasteiger partial charge is 0.481 e. The van der Waals surface area contributed by atoms with Gasteiger partial charge in [0.05, 0.1) is 18.8 Å². The highest BCUT2D eigenvalue weighted by Gasteiger charge is 2.28. The molecule has 1 aromatic heterocycles. The lowest BCUT2D eigenvalue weighted by atomic mass is 9.96. The number of aliphatic carboxylic acids is 4. The molecule has 0 aliphatic carbocycles. The van der Waals surface area contributed by atoms with Crippen molar-refractivity contribution in [2.75, 3.05) is 0 Å². The highest BCUT2D eigenvalue weighted by atomic mass is 16.4. The SMILES string of the molecule is O=C(O)CC(C(=O)O)c1c[nH]c(C(CC(=O)O)C(=O)O)c1. The summed E-state index contributed by atoms with van der Waals surface area (Å²) in [5.41, 5.74) is 0.0908. The van der Waals surface area contributed by atoms with Crippen LogP contribution in [0.15, 0.2) is 12.3 Å². The van der Waals surface area contributed by atoms with E-state index >= 15 is 0 Å². The van der Waals surface area contributed by atoms with Crippen molar-refractivity contribution in [2.45, 2.75) is 24.7 Å². The zero-order valence-corrected chi connectivity index (χ0v) is 10.6. The number of nitrogens with one attached hydrogen (secondary N) is 1. The number of carbonyl (C=O) groups is 4. The van der Waals surface area contributed by atoms with Gasteiger partial charge in [0.15, 0.2) is 0 Å². The number of aromatic amines is 1. The third-order valence-electron chi connectivity index (χ3n) is 2.86. The number of aromatic nitrogens is 1. The predicted octanol–water partition coefficient (Wildman–Crippen LogP) is 0.301. The van der Waals surface area contributed by atoms with Crippen LogP contribution in [0.1, 0.15) is 35.9 Å². The quantitative estimate of drug-likeness (QED) is 0.457. The summed E-state index contributed by atoms with van der Waals surface area (Å²) < 4.78 is 0. The molecule has 2 unspecified atom stereocenters. The smallest absolute Gasteiger partial charge is 0.313 e. The average molecular weight is 299 g/mol. The molecule has 0 aliphatic rings. The van der Waals surface area contributed by atoms with Gasteiger partial charge in [-0.2, -0.15) is 0 Å². The molecule has 5 N–H and O–H groups in total. The average Bonchev–Trinajstić information content (AvgIpc) is 2.80. The summed E-state index contributed by atoms with van der Waals surface area (Å²) in [6.07, 6.45) is -0.163. The lowest BCUT2D eigenvalue weighted by Crippen LogP contribution is -2.17. The van der Waals surface area contributed by atoms with Gasteiger partial charge in [-0.05, 0) is 11.6 Å². The maximum Gasteiger partial charge on any atom is 0.313 e. The molecule has 0 amide bonds. The van der Waals surface area contributed by atoms with E-state index in [1.54, 1.807) is 0 Å². The standard InChI is InChI=1S/C12H13NO8/c14-9(15)2-6(11(18)19)5-1-8(13-4-5)7(12(20)21)3-10(16)17/h1,4,6-7,13H,2-3H2,(H,14,15)(H,16,17)(H,18,19)(H,20,21). The molecule has 2 atom stereocenters.